The molecule has 3 unspecified atom stereocenters. The van der Waals surface area contributed by atoms with Gasteiger partial charge in [-0.15, -0.1) is 10.2 Å². The number of thioether (sulfide) groups is 1. The van der Waals surface area contributed by atoms with Gasteiger partial charge in [-0.3, -0.25) is 9.36 Å². The van der Waals surface area contributed by atoms with Gasteiger partial charge >= 0.3 is 0 Å². The van der Waals surface area contributed by atoms with E-state index in [-0.39, 0.29) is 11.2 Å². The lowest BCUT2D eigenvalue weighted by molar-refractivity contribution is -0.132. The molecule has 0 bridgehead atoms. The van der Waals surface area contributed by atoms with Crippen molar-refractivity contribution in [2.45, 2.75) is 56.9 Å². The van der Waals surface area contributed by atoms with Crippen molar-refractivity contribution in [3.8, 4) is 11.4 Å². The largest absolute Gasteiger partial charge is 0.495 e. The first kappa shape index (κ1) is 23.0. The fraction of sp³-hybridized carbons (Fsp3) is 0.625. The van der Waals surface area contributed by atoms with Gasteiger partial charge in [0.15, 0.2) is 5.16 Å². The Bertz CT molecular complexity index is 917. The zero-order chi connectivity index (χ0) is 22.7. The quantitative estimate of drug-likeness (QED) is 0.604. The summed E-state index contributed by atoms with van der Waals surface area (Å²) in [5, 5.41) is 9.62. The predicted molar refractivity (Wildman–Crippen MR) is 129 cm³/mol. The van der Waals surface area contributed by atoms with Gasteiger partial charge in [0.25, 0.3) is 0 Å². The molecule has 0 aliphatic carbocycles. The summed E-state index contributed by atoms with van der Waals surface area (Å²) in [5.41, 5.74) is 0.905. The van der Waals surface area contributed by atoms with Gasteiger partial charge in [-0.05, 0) is 56.6 Å². The molecule has 2 fully saturated rings. The summed E-state index contributed by atoms with van der Waals surface area (Å²) in [7, 11) is 1.68. The predicted octanol–water partition coefficient (Wildman–Crippen LogP) is 4.25. The minimum absolute atomic E-state index is 0.183. The standard InChI is InChI=1S/C24H35N5O2S/c1-17-14-18(2)16-28(15-17)22(30)19(3)32-24-26-25-23(27-12-8-5-9-13-27)29(24)20-10-6-7-11-21(20)31-4/h6-7,10-11,17-19H,5,8-9,12-16H2,1-4H3. The van der Waals surface area contributed by atoms with E-state index in [1.165, 1.54) is 24.6 Å². The first-order valence-electron chi connectivity index (χ1n) is 11.8. The molecule has 1 aromatic heterocycles. The Labute approximate surface area is 195 Å². The highest BCUT2D eigenvalue weighted by molar-refractivity contribution is 8.00. The maximum absolute atomic E-state index is 13.3. The minimum Gasteiger partial charge on any atom is -0.495 e. The zero-order valence-electron chi connectivity index (χ0n) is 19.7. The highest BCUT2D eigenvalue weighted by Crippen LogP contribution is 2.35. The summed E-state index contributed by atoms with van der Waals surface area (Å²) >= 11 is 1.49. The number of para-hydroxylation sites is 2. The van der Waals surface area contributed by atoms with Crippen LogP contribution in [0.5, 0.6) is 5.75 Å². The zero-order valence-corrected chi connectivity index (χ0v) is 20.5. The SMILES string of the molecule is COc1ccccc1-n1c(SC(C)C(=O)N2CC(C)CC(C)C2)nnc1N1CCCCC1. The number of methoxy groups -OCH3 is 1. The van der Waals surface area contributed by atoms with Gasteiger partial charge in [-0.2, -0.15) is 0 Å². The third-order valence-corrected chi connectivity index (χ3v) is 7.42. The first-order valence-corrected chi connectivity index (χ1v) is 12.6. The molecule has 0 radical (unpaired) electrons. The third kappa shape index (κ3) is 4.90. The number of hydrogen-bond donors (Lipinski definition) is 0. The van der Waals surface area contributed by atoms with Crippen LogP contribution in [0.15, 0.2) is 29.4 Å². The maximum Gasteiger partial charge on any atom is 0.235 e. The van der Waals surface area contributed by atoms with Gasteiger partial charge in [0, 0.05) is 26.2 Å². The monoisotopic (exact) mass is 457 g/mol. The number of hydrogen-bond acceptors (Lipinski definition) is 6. The molecule has 7 nitrogen and oxygen atoms in total. The maximum atomic E-state index is 13.3. The van der Waals surface area contributed by atoms with Gasteiger partial charge < -0.3 is 14.5 Å². The minimum atomic E-state index is -0.237. The highest BCUT2D eigenvalue weighted by atomic mass is 32.2. The molecule has 2 aliphatic heterocycles. The molecule has 2 aliphatic rings. The van der Waals surface area contributed by atoms with E-state index in [1.807, 2.05) is 36.1 Å². The highest BCUT2D eigenvalue weighted by Gasteiger charge is 2.31. The summed E-state index contributed by atoms with van der Waals surface area (Å²) in [6.07, 6.45) is 4.74. The smallest absolute Gasteiger partial charge is 0.235 e. The Morgan fingerprint density at radius 1 is 1.09 bits per heavy atom. The molecule has 1 amide bonds. The van der Waals surface area contributed by atoms with Crippen molar-refractivity contribution >= 4 is 23.6 Å². The van der Waals surface area contributed by atoms with Crippen molar-refractivity contribution < 1.29 is 9.53 Å². The normalized spacial score (nSPS) is 22.6. The second kappa shape index (κ2) is 10.1. The summed E-state index contributed by atoms with van der Waals surface area (Å²) in [4.78, 5) is 17.6. The average molecular weight is 458 g/mol. The number of benzene rings is 1. The fourth-order valence-electron chi connectivity index (χ4n) is 4.97. The Hall–Kier alpha value is -2.22. The molecule has 8 heteroatoms. The van der Waals surface area contributed by atoms with E-state index in [9.17, 15) is 4.79 Å². The van der Waals surface area contributed by atoms with Crippen LogP contribution in [-0.2, 0) is 4.79 Å². The second-order valence-electron chi connectivity index (χ2n) is 9.29. The van der Waals surface area contributed by atoms with Gasteiger partial charge in [0.05, 0.1) is 18.0 Å². The van der Waals surface area contributed by atoms with Gasteiger partial charge in [0.2, 0.25) is 11.9 Å². The lowest BCUT2D eigenvalue weighted by atomic mass is 9.92. The number of carbonyl (C=O) groups is 1. The Kier molecular flexibility index (Phi) is 7.28. The molecule has 2 aromatic rings. The summed E-state index contributed by atoms with van der Waals surface area (Å²) in [5.74, 6) is 2.87. The second-order valence-corrected chi connectivity index (χ2v) is 10.6. The van der Waals surface area contributed by atoms with Crippen molar-refractivity contribution in [1.29, 1.82) is 0 Å². The number of likely N-dealkylation sites (tertiary alicyclic amines) is 1. The summed E-state index contributed by atoms with van der Waals surface area (Å²) in [6, 6.07) is 7.94. The number of aromatic nitrogens is 3. The average Bonchev–Trinajstić information content (AvgIpc) is 3.21. The van der Waals surface area contributed by atoms with Crippen molar-refractivity contribution in [3.05, 3.63) is 24.3 Å². The topological polar surface area (TPSA) is 63.5 Å². The van der Waals surface area contributed by atoms with E-state index in [0.29, 0.717) is 11.8 Å². The molecule has 0 N–H and O–H groups in total. The molecular weight excluding hydrogens is 422 g/mol. The van der Waals surface area contributed by atoms with Gasteiger partial charge in [-0.25, -0.2) is 0 Å². The van der Waals surface area contributed by atoms with Crippen LogP contribution in [0.4, 0.5) is 5.95 Å². The van der Waals surface area contributed by atoms with Crippen LogP contribution in [-0.4, -0.2) is 64.1 Å². The number of carbonyl (C=O) groups excluding carboxylic acids is 1. The number of amides is 1. The number of anilines is 1. The number of nitrogens with zero attached hydrogens (tertiary/aromatic N) is 5. The molecule has 32 heavy (non-hydrogen) atoms. The van der Waals surface area contributed by atoms with E-state index >= 15 is 0 Å². The number of rotatable bonds is 6. The molecular formula is C24H35N5O2S. The lowest BCUT2D eigenvalue weighted by Gasteiger charge is -2.36. The fourth-order valence-corrected chi connectivity index (χ4v) is 5.91. The molecule has 0 saturated carbocycles. The van der Waals surface area contributed by atoms with Crippen LogP contribution >= 0.6 is 11.8 Å². The Morgan fingerprint density at radius 3 is 2.47 bits per heavy atom. The Morgan fingerprint density at radius 2 is 1.78 bits per heavy atom. The van der Waals surface area contributed by atoms with Crippen LogP contribution in [0.3, 0.4) is 0 Å². The van der Waals surface area contributed by atoms with Crippen LogP contribution in [0.25, 0.3) is 5.69 Å². The molecule has 1 aromatic carbocycles. The summed E-state index contributed by atoms with van der Waals surface area (Å²) in [6.45, 7) is 10.1. The van der Waals surface area contributed by atoms with E-state index in [1.54, 1.807) is 7.11 Å². The van der Waals surface area contributed by atoms with Crippen LogP contribution in [0.1, 0.15) is 46.5 Å². The van der Waals surface area contributed by atoms with Crippen molar-refractivity contribution in [1.82, 2.24) is 19.7 Å². The number of ether oxygens (including phenoxy) is 1. The summed E-state index contributed by atoms with van der Waals surface area (Å²) < 4.78 is 7.73. The Balaban J connectivity index is 1.63. The van der Waals surface area contributed by atoms with Crippen molar-refractivity contribution in [3.63, 3.8) is 0 Å². The van der Waals surface area contributed by atoms with Crippen molar-refractivity contribution in [2.75, 3.05) is 38.2 Å². The molecule has 174 valence electrons. The number of piperidine rings is 2. The molecule has 4 rings (SSSR count). The van der Waals surface area contributed by atoms with E-state index < -0.39 is 0 Å². The first-order chi connectivity index (χ1) is 15.5. The molecule has 3 atom stereocenters. The lowest BCUT2D eigenvalue weighted by Crippen LogP contribution is -2.45. The van der Waals surface area contributed by atoms with Crippen LogP contribution < -0.4 is 9.64 Å². The van der Waals surface area contributed by atoms with Gasteiger partial charge in [0.1, 0.15) is 5.75 Å². The molecule has 0 spiro atoms. The van der Waals surface area contributed by atoms with Gasteiger partial charge in [-0.1, -0.05) is 37.7 Å². The van der Waals surface area contributed by atoms with Crippen LogP contribution in [0.2, 0.25) is 0 Å². The van der Waals surface area contributed by atoms with Crippen LogP contribution in [0, 0.1) is 11.8 Å². The van der Waals surface area contributed by atoms with Crippen molar-refractivity contribution in [2.24, 2.45) is 11.8 Å². The molecule has 2 saturated heterocycles. The van der Waals surface area contributed by atoms with E-state index in [0.717, 1.165) is 61.6 Å². The molecule has 3 heterocycles. The van der Waals surface area contributed by atoms with E-state index in [4.69, 9.17) is 4.74 Å². The third-order valence-electron chi connectivity index (χ3n) is 6.39. The van der Waals surface area contributed by atoms with E-state index in [2.05, 4.69) is 33.5 Å².